The number of nitrogens with one attached hydrogen (secondary N) is 3. The Morgan fingerprint density at radius 3 is 2.86 bits per heavy atom. The SMILES string of the molecule is Cc1ccc(NC(=O)c2n[nH]c3ccc(-c4cnn(C5CCNCC5)c4)cc23)s1. The van der Waals surface area contributed by atoms with Crippen LogP contribution < -0.4 is 10.6 Å². The van der Waals surface area contributed by atoms with Crippen LogP contribution in [0.1, 0.15) is 34.2 Å². The third-order valence-electron chi connectivity index (χ3n) is 5.37. The van der Waals surface area contributed by atoms with Crippen molar-refractivity contribution >= 4 is 33.1 Å². The second kappa shape index (κ2) is 7.46. The molecule has 0 spiro atoms. The summed E-state index contributed by atoms with van der Waals surface area (Å²) in [7, 11) is 0. The van der Waals surface area contributed by atoms with E-state index in [-0.39, 0.29) is 5.91 Å². The van der Waals surface area contributed by atoms with Gasteiger partial charge in [-0.25, -0.2) is 0 Å². The second-order valence-electron chi connectivity index (χ2n) is 7.39. The minimum Gasteiger partial charge on any atom is -0.317 e. The molecule has 7 nitrogen and oxygen atoms in total. The Balaban J connectivity index is 1.43. The molecule has 29 heavy (non-hydrogen) atoms. The third-order valence-corrected chi connectivity index (χ3v) is 6.29. The van der Waals surface area contributed by atoms with Crippen molar-refractivity contribution in [3.8, 4) is 11.1 Å². The fourth-order valence-electron chi connectivity index (χ4n) is 3.80. The van der Waals surface area contributed by atoms with Crippen LogP contribution in [0.4, 0.5) is 5.00 Å². The Labute approximate surface area is 172 Å². The summed E-state index contributed by atoms with van der Waals surface area (Å²) in [5.41, 5.74) is 3.32. The van der Waals surface area contributed by atoms with Gasteiger partial charge in [0, 0.05) is 22.0 Å². The van der Waals surface area contributed by atoms with E-state index in [0.29, 0.717) is 11.7 Å². The molecule has 3 aromatic heterocycles. The van der Waals surface area contributed by atoms with Crippen molar-refractivity contribution in [3.63, 3.8) is 0 Å². The molecule has 1 amide bonds. The number of piperidine rings is 1. The lowest BCUT2D eigenvalue weighted by Gasteiger charge is -2.22. The number of hydrogen-bond acceptors (Lipinski definition) is 5. The van der Waals surface area contributed by atoms with Gasteiger partial charge in [-0.15, -0.1) is 11.3 Å². The van der Waals surface area contributed by atoms with Gasteiger partial charge >= 0.3 is 0 Å². The molecule has 4 aromatic rings. The molecule has 1 aliphatic rings. The molecular weight excluding hydrogens is 384 g/mol. The van der Waals surface area contributed by atoms with Crippen molar-refractivity contribution in [2.45, 2.75) is 25.8 Å². The van der Waals surface area contributed by atoms with Crippen molar-refractivity contribution in [2.24, 2.45) is 0 Å². The number of anilines is 1. The smallest absolute Gasteiger partial charge is 0.277 e. The van der Waals surface area contributed by atoms with E-state index in [1.807, 2.05) is 43.5 Å². The number of nitrogens with zero attached hydrogens (tertiary/aromatic N) is 3. The van der Waals surface area contributed by atoms with E-state index in [9.17, 15) is 4.79 Å². The summed E-state index contributed by atoms with van der Waals surface area (Å²) in [4.78, 5) is 13.9. The first-order valence-corrected chi connectivity index (χ1v) is 10.6. The Morgan fingerprint density at radius 2 is 2.07 bits per heavy atom. The van der Waals surface area contributed by atoms with Gasteiger partial charge in [0.05, 0.1) is 22.8 Å². The van der Waals surface area contributed by atoms with E-state index < -0.39 is 0 Å². The zero-order valence-corrected chi connectivity index (χ0v) is 16.9. The number of benzene rings is 1. The summed E-state index contributed by atoms with van der Waals surface area (Å²) < 4.78 is 2.07. The van der Waals surface area contributed by atoms with Gasteiger partial charge in [-0.3, -0.25) is 14.6 Å². The summed E-state index contributed by atoms with van der Waals surface area (Å²) in [6, 6.07) is 10.4. The molecule has 1 aromatic carbocycles. The molecule has 4 heterocycles. The molecule has 5 rings (SSSR count). The zero-order valence-electron chi connectivity index (χ0n) is 16.1. The Morgan fingerprint density at radius 1 is 1.21 bits per heavy atom. The molecule has 0 atom stereocenters. The van der Waals surface area contributed by atoms with Crippen LogP contribution in [0, 0.1) is 6.92 Å². The summed E-state index contributed by atoms with van der Waals surface area (Å²) in [5.74, 6) is -0.208. The maximum Gasteiger partial charge on any atom is 0.277 e. The van der Waals surface area contributed by atoms with E-state index >= 15 is 0 Å². The molecule has 0 aliphatic carbocycles. The van der Waals surface area contributed by atoms with Crippen molar-refractivity contribution in [2.75, 3.05) is 18.4 Å². The third kappa shape index (κ3) is 3.56. The first-order valence-electron chi connectivity index (χ1n) is 9.78. The molecule has 0 saturated carbocycles. The average molecular weight is 407 g/mol. The fourth-order valence-corrected chi connectivity index (χ4v) is 4.56. The van der Waals surface area contributed by atoms with Crippen molar-refractivity contribution < 1.29 is 4.79 Å². The number of aryl methyl sites for hydroxylation is 1. The average Bonchev–Trinajstić information content (AvgIpc) is 3.47. The molecular formula is C21H22N6OS. The zero-order chi connectivity index (χ0) is 19.8. The summed E-state index contributed by atoms with van der Waals surface area (Å²) >= 11 is 1.55. The number of aromatic amines is 1. The number of aromatic nitrogens is 4. The van der Waals surface area contributed by atoms with Gasteiger partial charge in [0.2, 0.25) is 0 Å². The number of carbonyl (C=O) groups is 1. The van der Waals surface area contributed by atoms with Gasteiger partial charge < -0.3 is 10.6 Å². The number of fused-ring (bicyclic) bond motifs is 1. The van der Waals surface area contributed by atoms with E-state index in [1.165, 1.54) is 0 Å². The first kappa shape index (κ1) is 18.1. The van der Waals surface area contributed by atoms with Crippen LogP contribution in [0.25, 0.3) is 22.0 Å². The second-order valence-corrected chi connectivity index (χ2v) is 8.68. The standard InChI is InChI=1S/C21H22N6OS/c1-13-2-5-19(29-13)24-21(28)20-17-10-14(3-4-18(17)25-26-20)15-11-23-27(12-15)16-6-8-22-9-7-16/h2-5,10-12,16,22H,6-9H2,1H3,(H,24,28)(H,25,26). The van der Waals surface area contributed by atoms with Crippen molar-refractivity contribution in [1.29, 1.82) is 0 Å². The summed E-state index contributed by atoms with van der Waals surface area (Å²) in [6.07, 6.45) is 6.19. The molecule has 0 unspecified atom stereocenters. The van der Waals surface area contributed by atoms with E-state index in [2.05, 4.69) is 36.8 Å². The van der Waals surface area contributed by atoms with Crippen LogP contribution in [0.5, 0.6) is 0 Å². The highest BCUT2D eigenvalue weighted by Crippen LogP contribution is 2.28. The van der Waals surface area contributed by atoms with Gasteiger partial charge in [-0.2, -0.15) is 10.2 Å². The Bertz CT molecular complexity index is 1170. The number of H-pyrrole nitrogens is 1. The summed E-state index contributed by atoms with van der Waals surface area (Å²) in [5, 5.41) is 19.8. The Hall–Kier alpha value is -2.97. The first-order chi connectivity index (χ1) is 14.2. The number of amides is 1. The maximum atomic E-state index is 12.7. The predicted octanol–water partition coefficient (Wildman–Crippen LogP) is 3.97. The van der Waals surface area contributed by atoms with Gasteiger partial charge in [-0.1, -0.05) is 6.07 Å². The molecule has 1 fully saturated rings. The predicted molar refractivity (Wildman–Crippen MR) is 115 cm³/mol. The largest absolute Gasteiger partial charge is 0.317 e. The van der Waals surface area contributed by atoms with Crippen molar-refractivity contribution in [1.82, 2.24) is 25.3 Å². The number of rotatable bonds is 4. The van der Waals surface area contributed by atoms with Gasteiger partial charge in [0.1, 0.15) is 0 Å². The molecule has 0 bridgehead atoms. The molecule has 8 heteroatoms. The molecule has 3 N–H and O–H groups in total. The summed E-state index contributed by atoms with van der Waals surface area (Å²) in [6.45, 7) is 4.08. The van der Waals surface area contributed by atoms with E-state index in [1.54, 1.807) is 11.3 Å². The van der Waals surface area contributed by atoms with E-state index in [0.717, 1.165) is 57.8 Å². The quantitative estimate of drug-likeness (QED) is 0.478. The van der Waals surface area contributed by atoms with Crippen LogP contribution in [0.3, 0.4) is 0 Å². The molecule has 1 aliphatic heterocycles. The monoisotopic (exact) mass is 406 g/mol. The lowest BCUT2D eigenvalue weighted by molar-refractivity contribution is 0.102. The van der Waals surface area contributed by atoms with Crippen molar-refractivity contribution in [3.05, 3.63) is 53.3 Å². The van der Waals surface area contributed by atoms with Crippen LogP contribution in [0.2, 0.25) is 0 Å². The number of hydrogen-bond donors (Lipinski definition) is 3. The van der Waals surface area contributed by atoms with Crippen LogP contribution in [0.15, 0.2) is 42.7 Å². The molecule has 148 valence electrons. The lowest BCUT2D eigenvalue weighted by Crippen LogP contribution is -2.29. The highest BCUT2D eigenvalue weighted by molar-refractivity contribution is 7.16. The van der Waals surface area contributed by atoms with Crippen LogP contribution in [-0.2, 0) is 0 Å². The van der Waals surface area contributed by atoms with Gasteiger partial charge in [0.25, 0.3) is 5.91 Å². The van der Waals surface area contributed by atoms with Crippen LogP contribution >= 0.6 is 11.3 Å². The fraction of sp³-hybridized carbons (Fsp3) is 0.286. The van der Waals surface area contributed by atoms with Gasteiger partial charge in [0.15, 0.2) is 5.69 Å². The van der Waals surface area contributed by atoms with E-state index in [4.69, 9.17) is 0 Å². The number of thiophene rings is 1. The maximum absolute atomic E-state index is 12.7. The lowest BCUT2D eigenvalue weighted by atomic mass is 10.1. The minimum absolute atomic E-state index is 0.208. The Kier molecular flexibility index (Phi) is 4.65. The topological polar surface area (TPSA) is 87.6 Å². The van der Waals surface area contributed by atoms with Crippen LogP contribution in [-0.4, -0.2) is 39.0 Å². The normalized spacial score (nSPS) is 15.1. The molecule has 1 saturated heterocycles. The minimum atomic E-state index is -0.208. The number of carbonyl (C=O) groups excluding carboxylic acids is 1. The highest BCUT2D eigenvalue weighted by atomic mass is 32.1. The van der Waals surface area contributed by atoms with Gasteiger partial charge in [-0.05, 0) is 62.7 Å². The highest BCUT2D eigenvalue weighted by Gasteiger charge is 2.18. The molecule has 0 radical (unpaired) electrons.